The highest BCUT2D eigenvalue weighted by atomic mass is 16.9. The van der Waals surface area contributed by atoms with Gasteiger partial charge in [-0.2, -0.15) is 0 Å². The fraction of sp³-hybridized carbons (Fsp3) is 0.526. The third-order valence-corrected chi connectivity index (χ3v) is 8.91. The first-order chi connectivity index (χ1) is 23.2. The van der Waals surface area contributed by atoms with Crippen molar-refractivity contribution in [2.45, 2.75) is 114 Å². The van der Waals surface area contributed by atoms with E-state index in [4.69, 9.17) is 47.4 Å². The van der Waals surface area contributed by atoms with E-state index in [0.717, 1.165) is 16.7 Å². The highest BCUT2D eigenvalue weighted by Crippen LogP contribution is 2.44. The normalized spacial score (nSPS) is 33.4. The second-order valence-electron chi connectivity index (χ2n) is 13.6. The second kappa shape index (κ2) is 14.6. The number of hydrogen-bond donors (Lipinski definition) is 0. The second-order valence-corrected chi connectivity index (χ2v) is 13.6. The van der Waals surface area contributed by atoms with Crippen LogP contribution >= 0.6 is 0 Å². The van der Waals surface area contributed by atoms with Crippen molar-refractivity contribution in [3.63, 3.8) is 0 Å². The lowest BCUT2D eigenvalue weighted by Crippen LogP contribution is -2.56. The summed E-state index contributed by atoms with van der Waals surface area (Å²) in [6.45, 7) is 9.14. The molecule has 4 heterocycles. The van der Waals surface area contributed by atoms with Crippen LogP contribution in [0.1, 0.15) is 44.4 Å². The number of rotatable bonds is 13. The fourth-order valence-electron chi connectivity index (χ4n) is 6.76. The predicted molar refractivity (Wildman–Crippen MR) is 173 cm³/mol. The van der Waals surface area contributed by atoms with Gasteiger partial charge in [-0.3, -0.25) is 0 Å². The molecule has 258 valence electrons. The predicted octanol–water partition coefficient (Wildman–Crippen LogP) is 5.51. The number of benzene rings is 3. The van der Waals surface area contributed by atoms with E-state index in [-0.39, 0.29) is 12.7 Å². The monoisotopic (exact) mass is 662 g/mol. The minimum atomic E-state index is -0.815. The lowest BCUT2D eigenvalue weighted by molar-refractivity contribution is -0.262. The molecule has 4 aliphatic rings. The van der Waals surface area contributed by atoms with Crippen molar-refractivity contribution in [1.82, 2.24) is 0 Å². The standard InChI is InChI=1S/C38H46O10/c1-37(2)45-31-29(44-36-34(32(31)46-37)47-38(3,4)48-36)24-42-35-33(41-22-27-18-12-7-13-19-27)30(40-21-26-16-10-6-11-17-26)28(43-35)23-39-20-25-14-8-5-9-15-25/h5-19,28-36H,20-24H2,1-4H3/t28-,29-,30-,31+,32+,33-,34-,35-,36-/m1/s1. The van der Waals surface area contributed by atoms with Crippen LogP contribution in [0.15, 0.2) is 91.0 Å². The Labute approximate surface area is 282 Å². The first kappa shape index (κ1) is 33.7. The topological polar surface area (TPSA) is 92.3 Å². The average Bonchev–Trinajstić information content (AvgIpc) is 3.71. The van der Waals surface area contributed by atoms with Gasteiger partial charge in [-0.15, -0.1) is 0 Å². The minimum absolute atomic E-state index is 0.145. The van der Waals surface area contributed by atoms with Crippen LogP contribution in [0.5, 0.6) is 0 Å². The fourth-order valence-corrected chi connectivity index (χ4v) is 6.76. The maximum Gasteiger partial charge on any atom is 0.190 e. The zero-order valence-electron chi connectivity index (χ0n) is 28.0. The third-order valence-electron chi connectivity index (χ3n) is 8.91. The smallest absolute Gasteiger partial charge is 0.190 e. The van der Waals surface area contributed by atoms with Crippen LogP contribution in [0.2, 0.25) is 0 Å². The maximum absolute atomic E-state index is 6.58. The largest absolute Gasteiger partial charge is 0.374 e. The average molecular weight is 663 g/mol. The van der Waals surface area contributed by atoms with E-state index in [9.17, 15) is 0 Å². The summed E-state index contributed by atoms with van der Waals surface area (Å²) in [7, 11) is 0. The van der Waals surface area contributed by atoms with Crippen molar-refractivity contribution in [2.24, 2.45) is 0 Å². The van der Waals surface area contributed by atoms with Gasteiger partial charge >= 0.3 is 0 Å². The summed E-state index contributed by atoms with van der Waals surface area (Å²) in [5, 5.41) is 0. The number of hydrogen-bond acceptors (Lipinski definition) is 10. The van der Waals surface area contributed by atoms with Crippen molar-refractivity contribution in [3.8, 4) is 0 Å². The van der Waals surface area contributed by atoms with Gasteiger partial charge < -0.3 is 47.4 Å². The maximum atomic E-state index is 6.58. The van der Waals surface area contributed by atoms with Gasteiger partial charge in [0.15, 0.2) is 24.2 Å². The first-order valence-corrected chi connectivity index (χ1v) is 16.8. The summed E-state index contributed by atoms with van der Waals surface area (Å²) in [6.07, 6.45) is -4.63. The number of ether oxygens (including phenoxy) is 10. The summed E-state index contributed by atoms with van der Waals surface area (Å²) < 4.78 is 63.8. The van der Waals surface area contributed by atoms with E-state index < -0.39 is 60.8 Å². The Morgan fingerprint density at radius 1 is 0.500 bits per heavy atom. The summed E-state index contributed by atoms with van der Waals surface area (Å²) in [6, 6.07) is 30.1. The van der Waals surface area contributed by atoms with Gasteiger partial charge in [0.1, 0.15) is 42.7 Å². The molecule has 9 atom stereocenters. The number of fused-ring (bicyclic) bond motifs is 3. The van der Waals surface area contributed by atoms with E-state index >= 15 is 0 Å². The zero-order valence-corrected chi connectivity index (χ0v) is 28.0. The molecule has 0 unspecified atom stereocenters. The lowest BCUT2D eigenvalue weighted by atomic mass is 9.99. The molecule has 3 aromatic carbocycles. The van der Waals surface area contributed by atoms with Gasteiger partial charge in [0, 0.05) is 0 Å². The van der Waals surface area contributed by atoms with Crippen molar-refractivity contribution in [1.29, 1.82) is 0 Å². The first-order valence-electron chi connectivity index (χ1n) is 16.8. The van der Waals surface area contributed by atoms with Gasteiger partial charge in [0.2, 0.25) is 0 Å². The Balaban J connectivity index is 1.09. The molecule has 0 aliphatic carbocycles. The van der Waals surface area contributed by atoms with Gasteiger partial charge in [0.25, 0.3) is 0 Å². The van der Waals surface area contributed by atoms with Gasteiger partial charge in [-0.25, -0.2) is 0 Å². The summed E-state index contributed by atoms with van der Waals surface area (Å²) in [5.74, 6) is -1.63. The van der Waals surface area contributed by atoms with Crippen LogP contribution in [-0.4, -0.2) is 80.1 Å². The highest BCUT2D eigenvalue weighted by Gasteiger charge is 2.61. The molecule has 0 radical (unpaired) electrons. The van der Waals surface area contributed by atoms with Gasteiger partial charge in [0.05, 0.1) is 33.0 Å². The molecule has 7 rings (SSSR count). The molecule has 0 spiro atoms. The van der Waals surface area contributed by atoms with Gasteiger partial charge in [-0.05, 0) is 44.4 Å². The molecular formula is C38H46O10. The van der Waals surface area contributed by atoms with Crippen molar-refractivity contribution in [3.05, 3.63) is 108 Å². The Morgan fingerprint density at radius 3 is 1.65 bits per heavy atom. The quantitative estimate of drug-likeness (QED) is 0.233. The minimum Gasteiger partial charge on any atom is -0.374 e. The van der Waals surface area contributed by atoms with Crippen molar-refractivity contribution in [2.75, 3.05) is 13.2 Å². The van der Waals surface area contributed by atoms with E-state index in [1.807, 2.05) is 119 Å². The highest BCUT2D eigenvalue weighted by molar-refractivity contribution is 5.15. The summed E-state index contributed by atoms with van der Waals surface area (Å²) in [5.41, 5.74) is 3.16. The molecule has 0 saturated carbocycles. The Kier molecular flexibility index (Phi) is 10.3. The molecule has 10 heteroatoms. The van der Waals surface area contributed by atoms with Gasteiger partial charge in [-0.1, -0.05) is 91.0 Å². The lowest BCUT2D eigenvalue weighted by Gasteiger charge is -2.37. The van der Waals surface area contributed by atoms with Crippen LogP contribution in [-0.2, 0) is 67.2 Å². The Bertz CT molecular complexity index is 1440. The van der Waals surface area contributed by atoms with E-state index in [1.165, 1.54) is 0 Å². The molecule has 0 aromatic heterocycles. The van der Waals surface area contributed by atoms with Crippen LogP contribution in [0.25, 0.3) is 0 Å². The van der Waals surface area contributed by atoms with Crippen LogP contribution < -0.4 is 0 Å². The molecule has 4 aliphatic heterocycles. The van der Waals surface area contributed by atoms with Crippen LogP contribution in [0.4, 0.5) is 0 Å². The molecule has 0 N–H and O–H groups in total. The molecule has 0 bridgehead atoms. The summed E-state index contributed by atoms with van der Waals surface area (Å²) in [4.78, 5) is 0. The molecule has 4 fully saturated rings. The molecule has 3 aromatic rings. The Hall–Kier alpha value is -2.74. The van der Waals surface area contributed by atoms with E-state index in [1.54, 1.807) is 0 Å². The third kappa shape index (κ3) is 8.00. The van der Waals surface area contributed by atoms with Crippen molar-refractivity contribution >= 4 is 0 Å². The summed E-state index contributed by atoms with van der Waals surface area (Å²) >= 11 is 0. The Morgan fingerprint density at radius 2 is 1.02 bits per heavy atom. The molecule has 48 heavy (non-hydrogen) atoms. The SMILES string of the molecule is CC1(C)O[C@H]2[C@@H](O1)[C@@H](CO[C@@H]1O[C@H](COCc3ccccc3)[C@@H](OCc3ccccc3)[C@H]1OCc1ccccc1)O[C@@H]1OC(C)(C)O[C@@H]12. The molecule has 4 saturated heterocycles. The van der Waals surface area contributed by atoms with Crippen molar-refractivity contribution < 1.29 is 47.4 Å². The van der Waals surface area contributed by atoms with Crippen LogP contribution in [0, 0.1) is 0 Å². The molecular weight excluding hydrogens is 616 g/mol. The molecule has 10 nitrogen and oxygen atoms in total. The van der Waals surface area contributed by atoms with Crippen LogP contribution in [0.3, 0.4) is 0 Å². The zero-order chi connectivity index (χ0) is 33.1. The van der Waals surface area contributed by atoms with E-state index in [0.29, 0.717) is 26.4 Å². The molecule has 0 amide bonds. The van der Waals surface area contributed by atoms with E-state index in [2.05, 4.69) is 0 Å².